The Morgan fingerprint density at radius 3 is 0.642 bits per heavy atom. The van der Waals surface area contributed by atoms with Crippen molar-refractivity contribution >= 4 is 0 Å². The molecule has 25 rings (SSSR count). The largest absolute Gasteiger partial charge is 0.264 e. The maximum Gasteiger partial charge on any atom is 0.164 e. The third-order valence-electron chi connectivity index (χ3n) is 26.8. The third-order valence-corrected chi connectivity index (χ3v) is 26.8. The predicted octanol–water partition coefficient (Wildman–Crippen LogP) is 30.6. The van der Waals surface area contributed by atoms with Gasteiger partial charge in [0.25, 0.3) is 0 Å². The van der Waals surface area contributed by atoms with Crippen LogP contribution in [0.5, 0.6) is 0 Å². The molecule has 0 atom stereocenters. The van der Waals surface area contributed by atoms with Crippen LogP contribution in [-0.2, 0) is 10.8 Å². The van der Waals surface area contributed by atoms with E-state index in [4.69, 9.17) is 29.9 Å². The normalized spacial score (nSPS) is 12.4. The lowest BCUT2D eigenvalue weighted by Gasteiger charge is -2.34. The van der Waals surface area contributed by atoms with Crippen LogP contribution in [0.3, 0.4) is 0 Å². The summed E-state index contributed by atoms with van der Waals surface area (Å²) in [4.78, 5) is 38.8. The maximum absolute atomic E-state index is 5.08. The van der Waals surface area contributed by atoms with Crippen molar-refractivity contribution in [2.75, 3.05) is 0 Å². The number of aromatic nitrogens is 8. The van der Waals surface area contributed by atoms with Gasteiger partial charge in [0.05, 0.1) is 10.8 Å². The average Bonchev–Trinajstić information content (AvgIpc) is 1.51. The van der Waals surface area contributed by atoms with Crippen LogP contribution in [0.2, 0.25) is 0 Å². The first-order valence-corrected chi connectivity index (χ1v) is 45.5. The van der Waals surface area contributed by atoms with Gasteiger partial charge in [-0.3, -0.25) is 9.97 Å². The highest BCUT2D eigenvalue weighted by Crippen LogP contribution is 2.64. The number of hydrogen-bond donors (Lipinski definition) is 0. The van der Waals surface area contributed by atoms with E-state index >= 15 is 0 Å². The zero-order chi connectivity index (χ0) is 88.9. The molecule has 22 aromatic rings. The van der Waals surface area contributed by atoms with Crippen LogP contribution in [0, 0.1) is 0 Å². The molecule has 8 nitrogen and oxygen atoms in total. The van der Waals surface area contributed by atoms with Gasteiger partial charge in [0, 0.05) is 58.2 Å². The summed E-state index contributed by atoms with van der Waals surface area (Å²) >= 11 is 0. The van der Waals surface area contributed by atoms with Gasteiger partial charge in [-0.2, -0.15) is 0 Å². The minimum absolute atomic E-state index is 0.381. The van der Waals surface area contributed by atoms with Gasteiger partial charge in [0.15, 0.2) is 34.9 Å². The fourth-order valence-corrected chi connectivity index (χ4v) is 20.5. The average molecular weight is 1710 g/mol. The molecule has 4 aromatic heterocycles. The zero-order valence-corrected chi connectivity index (χ0v) is 72.9. The molecule has 626 valence electrons. The maximum atomic E-state index is 5.08. The van der Waals surface area contributed by atoms with Crippen molar-refractivity contribution in [3.8, 4) is 191 Å². The van der Waals surface area contributed by atoms with Crippen LogP contribution >= 0.6 is 0 Å². The summed E-state index contributed by atoms with van der Waals surface area (Å²) in [6, 6.07) is 170. The highest BCUT2D eigenvalue weighted by atomic mass is 15.0. The molecular formula is C126H82N8. The molecule has 134 heavy (non-hydrogen) atoms. The van der Waals surface area contributed by atoms with E-state index in [1.165, 1.54) is 100 Å². The fourth-order valence-electron chi connectivity index (χ4n) is 20.5. The Morgan fingerprint density at radius 1 is 0.127 bits per heavy atom. The van der Waals surface area contributed by atoms with E-state index in [2.05, 4.69) is 410 Å². The Bertz CT molecular complexity index is 7710. The molecular weight excluding hydrogens is 1630 g/mol. The van der Waals surface area contributed by atoms with Crippen molar-refractivity contribution in [1.29, 1.82) is 0 Å². The first kappa shape index (κ1) is 79.7. The summed E-state index contributed by atoms with van der Waals surface area (Å²) in [5, 5.41) is 0. The van der Waals surface area contributed by atoms with E-state index in [0.29, 0.717) is 34.9 Å². The molecule has 0 bridgehead atoms. The van der Waals surface area contributed by atoms with Crippen LogP contribution in [0.15, 0.2) is 498 Å². The summed E-state index contributed by atoms with van der Waals surface area (Å²) in [6.45, 7) is 0. The van der Waals surface area contributed by atoms with Crippen molar-refractivity contribution in [3.05, 3.63) is 542 Å². The van der Waals surface area contributed by atoms with Crippen molar-refractivity contribution in [3.63, 3.8) is 0 Å². The van der Waals surface area contributed by atoms with Gasteiger partial charge in [-0.1, -0.05) is 413 Å². The second kappa shape index (κ2) is 34.0. The minimum Gasteiger partial charge on any atom is -0.264 e. The summed E-state index contributed by atoms with van der Waals surface area (Å²) < 4.78 is 0. The number of pyridine rings is 2. The van der Waals surface area contributed by atoms with Crippen LogP contribution in [0.4, 0.5) is 0 Å². The summed E-state index contributed by atoms with van der Waals surface area (Å²) in [6.07, 6.45) is 7.33. The molecule has 0 amide bonds. The summed E-state index contributed by atoms with van der Waals surface area (Å²) in [5.41, 5.74) is 41.1. The number of hydrogen-bond acceptors (Lipinski definition) is 8. The molecule has 8 heteroatoms. The van der Waals surface area contributed by atoms with Crippen molar-refractivity contribution in [2.45, 2.75) is 10.8 Å². The van der Waals surface area contributed by atoms with E-state index in [9.17, 15) is 0 Å². The van der Waals surface area contributed by atoms with E-state index < -0.39 is 5.41 Å². The molecule has 4 heterocycles. The van der Waals surface area contributed by atoms with Crippen LogP contribution < -0.4 is 0 Å². The Kier molecular flexibility index (Phi) is 20.2. The van der Waals surface area contributed by atoms with Gasteiger partial charge in [0.2, 0.25) is 0 Å². The Balaban J connectivity index is 0.000000147. The molecule has 0 saturated heterocycles. The van der Waals surface area contributed by atoms with Crippen molar-refractivity contribution < 1.29 is 0 Å². The molecule has 18 aromatic carbocycles. The second-order valence-corrected chi connectivity index (χ2v) is 34.4. The first-order chi connectivity index (χ1) is 66.4. The highest BCUT2D eigenvalue weighted by molar-refractivity contribution is 5.97. The standard InChI is InChI=1S/C63H40N4.C63H42N4/c1-2-14-42(15-3-1)60-65-61(43-31-29-41(30-32-43)51-22-13-35-64-40-51)67-62(66-60)50-21-12-20-48(38-50)46-18-10-16-44(36-46)45-17-11-19-47(37-45)49-33-34-55-54-25-6-9-28-58(54)63(59(55)39-49)56-26-7-4-23-52(56)53-24-5-8-27-57(53)63;1-4-16-44(17-5-1)60-65-61(45-33-31-43(32-34-45)53-24-15-37-64-42-53)67-62(66-60)52-23-14-22-50(40-52)48-20-12-18-46(38-48)47-19-13-21-49(39-47)51-35-36-57-56-29-10-11-30-58(56)63(59(57)41-51,54-25-6-2-7-26-54)55-27-8-3-9-28-55/h1-40H;1-42H. The second-order valence-electron chi connectivity index (χ2n) is 34.4. The first-order valence-electron chi connectivity index (χ1n) is 45.5. The van der Waals surface area contributed by atoms with Gasteiger partial charge in [-0.25, -0.2) is 29.9 Å². The molecule has 0 radical (unpaired) electrons. The van der Waals surface area contributed by atoms with E-state index in [1.54, 1.807) is 12.4 Å². The lowest BCUT2D eigenvalue weighted by Crippen LogP contribution is -2.28. The molecule has 1 spiro atoms. The van der Waals surface area contributed by atoms with Crippen LogP contribution in [0.1, 0.15) is 44.5 Å². The van der Waals surface area contributed by atoms with Gasteiger partial charge >= 0.3 is 0 Å². The molecule has 0 aliphatic heterocycles. The third kappa shape index (κ3) is 14.3. The Hall–Kier alpha value is -17.7. The number of benzene rings is 18. The highest BCUT2D eigenvalue weighted by Gasteiger charge is 2.52. The molecule has 0 fully saturated rings. The molecule has 0 N–H and O–H groups in total. The van der Waals surface area contributed by atoms with Gasteiger partial charge < -0.3 is 0 Å². The number of rotatable bonds is 16. The lowest BCUT2D eigenvalue weighted by atomic mass is 9.67. The van der Waals surface area contributed by atoms with Gasteiger partial charge in [0.1, 0.15) is 0 Å². The number of nitrogens with zero attached hydrogens (tertiary/aromatic N) is 8. The van der Waals surface area contributed by atoms with Gasteiger partial charge in [-0.15, -0.1) is 0 Å². The minimum atomic E-state index is -0.455. The van der Waals surface area contributed by atoms with Crippen molar-refractivity contribution in [2.24, 2.45) is 0 Å². The summed E-state index contributed by atoms with van der Waals surface area (Å²) in [7, 11) is 0. The van der Waals surface area contributed by atoms with Crippen LogP contribution in [-0.4, -0.2) is 39.9 Å². The molecule has 3 aliphatic rings. The zero-order valence-electron chi connectivity index (χ0n) is 72.9. The quantitative estimate of drug-likeness (QED) is 0.0943. The fraction of sp³-hybridized carbons (Fsp3) is 0.0159. The van der Waals surface area contributed by atoms with E-state index in [-0.39, 0.29) is 5.41 Å². The SMILES string of the molecule is c1ccc(-c2nc(-c3ccc(-c4cccnc4)cc3)nc(-c3cccc(-c4cccc(-c5cccc(-c6ccc7c(c6)C(c6ccccc6)(c6ccccc6)c6ccccc6-7)c5)c4)c3)n2)cc1.c1ccc(-c2nc(-c3ccc(-c4cccnc4)cc3)nc(-c3cccc(-c4cccc(-c5cccc(-c6ccc7c(c6)C6(c8ccccc8-c8ccccc86)c6ccccc6-7)c5)c4)c3)n2)cc1. The Labute approximate surface area is 778 Å². The van der Waals surface area contributed by atoms with Crippen LogP contribution in [0.25, 0.3) is 191 Å². The smallest absolute Gasteiger partial charge is 0.164 e. The molecule has 0 saturated carbocycles. The Morgan fingerprint density at radius 2 is 0.336 bits per heavy atom. The molecule has 0 unspecified atom stereocenters. The predicted molar refractivity (Wildman–Crippen MR) is 545 cm³/mol. The van der Waals surface area contributed by atoms with E-state index in [0.717, 1.165) is 100 Å². The summed E-state index contributed by atoms with van der Waals surface area (Å²) in [5.74, 6) is 3.73. The van der Waals surface area contributed by atoms with E-state index in [1.807, 2.05) is 85.2 Å². The number of fused-ring (bicyclic) bond motifs is 13. The van der Waals surface area contributed by atoms with Crippen molar-refractivity contribution in [1.82, 2.24) is 39.9 Å². The topological polar surface area (TPSA) is 103 Å². The molecule has 3 aliphatic carbocycles. The lowest BCUT2D eigenvalue weighted by molar-refractivity contribution is 0.769. The van der Waals surface area contributed by atoms with Gasteiger partial charge in [-0.05, 0) is 228 Å². The monoisotopic (exact) mass is 1710 g/mol.